The standard InChI is InChI=1S/C25H30N2O5S/c1-3-16(14-23(28)27-22(24(29)30)12-13-33-2)26-25(31)32-15-21-19-10-6-4-8-17(19)18-9-5-7-11-20(18)21/h4-11,16,21-22H,3,12-15H2,1-2H3,(H,26,31)(H,27,28)(H,29,30)/t16-,22-/m0/s1. The Kier molecular flexibility index (Phi) is 8.77. The molecule has 2 atom stereocenters. The quantitative estimate of drug-likeness (QED) is 0.458. The number of rotatable bonds is 11. The maximum atomic E-state index is 12.5. The van der Waals surface area contributed by atoms with Crippen LogP contribution in [0.2, 0.25) is 0 Å². The first-order valence-electron chi connectivity index (χ1n) is 11.1. The lowest BCUT2D eigenvalue weighted by Crippen LogP contribution is -2.45. The molecule has 33 heavy (non-hydrogen) atoms. The lowest BCUT2D eigenvalue weighted by molar-refractivity contribution is -0.141. The SMILES string of the molecule is CC[C@@H](CC(=O)N[C@@H](CCSC)C(=O)O)NC(=O)OCC1c2ccccc2-c2ccccc21. The van der Waals surface area contributed by atoms with Crippen LogP contribution in [0.1, 0.15) is 43.2 Å². The molecule has 0 aromatic heterocycles. The van der Waals surface area contributed by atoms with Crippen LogP contribution >= 0.6 is 11.8 Å². The number of ether oxygens (including phenoxy) is 1. The van der Waals surface area contributed by atoms with Crippen LogP contribution in [-0.4, -0.2) is 53.8 Å². The fraction of sp³-hybridized carbons (Fsp3) is 0.400. The molecule has 0 saturated carbocycles. The zero-order valence-electron chi connectivity index (χ0n) is 18.9. The van der Waals surface area contributed by atoms with Crippen LogP contribution in [0, 0.1) is 0 Å². The number of nitrogens with one attached hydrogen (secondary N) is 2. The van der Waals surface area contributed by atoms with Crippen LogP contribution in [0.25, 0.3) is 11.1 Å². The maximum absolute atomic E-state index is 12.5. The second-order valence-corrected chi connectivity index (χ2v) is 9.00. The van der Waals surface area contributed by atoms with Crippen molar-refractivity contribution in [3.05, 3.63) is 59.7 Å². The summed E-state index contributed by atoms with van der Waals surface area (Å²) in [5.74, 6) is -0.879. The number of aliphatic carboxylic acids is 1. The Morgan fingerprint density at radius 1 is 1.03 bits per heavy atom. The van der Waals surface area contributed by atoms with Gasteiger partial charge >= 0.3 is 12.1 Å². The predicted molar refractivity (Wildman–Crippen MR) is 129 cm³/mol. The Labute approximate surface area is 198 Å². The van der Waals surface area contributed by atoms with Gasteiger partial charge in [-0.25, -0.2) is 9.59 Å². The molecule has 0 bridgehead atoms. The molecule has 0 radical (unpaired) electrons. The van der Waals surface area contributed by atoms with Crippen molar-refractivity contribution in [1.29, 1.82) is 0 Å². The van der Waals surface area contributed by atoms with Gasteiger partial charge in [-0.2, -0.15) is 11.8 Å². The van der Waals surface area contributed by atoms with Gasteiger partial charge in [0.05, 0.1) is 0 Å². The van der Waals surface area contributed by atoms with Crippen LogP contribution in [0.4, 0.5) is 4.79 Å². The molecular weight excluding hydrogens is 440 g/mol. The molecule has 0 spiro atoms. The molecule has 1 aliphatic carbocycles. The van der Waals surface area contributed by atoms with E-state index in [1.54, 1.807) is 0 Å². The first-order valence-corrected chi connectivity index (χ1v) is 12.5. The van der Waals surface area contributed by atoms with Gasteiger partial charge in [0.15, 0.2) is 0 Å². The average Bonchev–Trinajstić information content (AvgIpc) is 3.13. The fourth-order valence-electron chi connectivity index (χ4n) is 4.07. The van der Waals surface area contributed by atoms with E-state index >= 15 is 0 Å². The van der Waals surface area contributed by atoms with Crippen molar-refractivity contribution in [2.24, 2.45) is 0 Å². The second kappa shape index (κ2) is 11.7. The Morgan fingerprint density at radius 2 is 1.64 bits per heavy atom. The average molecular weight is 471 g/mol. The highest BCUT2D eigenvalue weighted by molar-refractivity contribution is 7.98. The zero-order valence-corrected chi connectivity index (χ0v) is 19.7. The number of fused-ring (bicyclic) bond motifs is 3. The summed E-state index contributed by atoms with van der Waals surface area (Å²) in [7, 11) is 0. The van der Waals surface area contributed by atoms with E-state index in [1.165, 1.54) is 11.8 Å². The van der Waals surface area contributed by atoms with Gasteiger partial charge < -0.3 is 20.5 Å². The summed E-state index contributed by atoms with van der Waals surface area (Å²) < 4.78 is 5.55. The number of alkyl carbamates (subject to hydrolysis) is 1. The molecule has 2 aromatic carbocycles. The number of carboxylic acid groups (broad SMARTS) is 1. The van der Waals surface area contributed by atoms with Crippen LogP contribution in [-0.2, 0) is 14.3 Å². The number of carbonyl (C=O) groups is 3. The van der Waals surface area contributed by atoms with Crippen molar-refractivity contribution in [2.45, 2.75) is 44.2 Å². The molecule has 0 saturated heterocycles. The van der Waals surface area contributed by atoms with E-state index in [2.05, 4.69) is 34.9 Å². The Balaban J connectivity index is 1.54. The highest BCUT2D eigenvalue weighted by atomic mass is 32.2. The smallest absolute Gasteiger partial charge is 0.407 e. The van der Waals surface area contributed by atoms with Crippen molar-refractivity contribution in [1.82, 2.24) is 10.6 Å². The number of thioether (sulfide) groups is 1. The van der Waals surface area contributed by atoms with Crippen molar-refractivity contribution < 1.29 is 24.2 Å². The molecule has 0 heterocycles. The highest BCUT2D eigenvalue weighted by Gasteiger charge is 2.29. The summed E-state index contributed by atoms with van der Waals surface area (Å²) in [5.41, 5.74) is 4.56. The largest absolute Gasteiger partial charge is 0.480 e. The topological polar surface area (TPSA) is 105 Å². The van der Waals surface area contributed by atoms with Gasteiger partial charge in [0, 0.05) is 18.4 Å². The van der Waals surface area contributed by atoms with E-state index in [0.29, 0.717) is 18.6 Å². The van der Waals surface area contributed by atoms with E-state index in [0.717, 1.165) is 22.3 Å². The van der Waals surface area contributed by atoms with Crippen molar-refractivity contribution in [3.8, 4) is 11.1 Å². The van der Waals surface area contributed by atoms with Crippen LogP contribution in [0.5, 0.6) is 0 Å². The van der Waals surface area contributed by atoms with E-state index in [1.807, 2.05) is 37.4 Å². The number of carboxylic acids is 1. The number of carbonyl (C=O) groups excluding carboxylic acids is 2. The lowest BCUT2D eigenvalue weighted by Gasteiger charge is -2.20. The third kappa shape index (κ3) is 6.28. The molecule has 2 amide bonds. The number of hydrogen-bond acceptors (Lipinski definition) is 5. The van der Waals surface area contributed by atoms with E-state index < -0.39 is 30.1 Å². The van der Waals surface area contributed by atoms with Crippen LogP contribution in [0.3, 0.4) is 0 Å². The monoisotopic (exact) mass is 470 g/mol. The predicted octanol–water partition coefficient (Wildman–Crippen LogP) is 4.02. The minimum atomic E-state index is -1.06. The molecule has 176 valence electrons. The summed E-state index contributed by atoms with van der Waals surface area (Å²) in [6.07, 6.45) is 2.14. The molecule has 0 unspecified atom stereocenters. The molecule has 0 fully saturated rings. The first kappa shape index (κ1) is 24.6. The van der Waals surface area contributed by atoms with Gasteiger partial charge in [-0.1, -0.05) is 55.5 Å². The molecule has 8 heteroatoms. The van der Waals surface area contributed by atoms with Crippen molar-refractivity contribution >= 4 is 29.7 Å². The summed E-state index contributed by atoms with van der Waals surface area (Å²) >= 11 is 1.52. The highest BCUT2D eigenvalue weighted by Crippen LogP contribution is 2.44. The van der Waals surface area contributed by atoms with Gasteiger partial charge in [-0.3, -0.25) is 4.79 Å². The third-order valence-corrected chi connectivity index (χ3v) is 6.48. The van der Waals surface area contributed by atoms with Crippen molar-refractivity contribution in [2.75, 3.05) is 18.6 Å². The van der Waals surface area contributed by atoms with Gasteiger partial charge in [0.2, 0.25) is 5.91 Å². The van der Waals surface area contributed by atoms with E-state index in [9.17, 15) is 19.5 Å². The number of benzene rings is 2. The third-order valence-electron chi connectivity index (χ3n) is 5.83. The Morgan fingerprint density at radius 3 is 2.18 bits per heavy atom. The van der Waals surface area contributed by atoms with E-state index in [4.69, 9.17) is 4.74 Å². The second-order valence-electron chi connectivity index (χ2n) is 8.02. The van der Waals surface area contributed by atoms with Gasteiger partial charge in [0.1, 0.15) is 12.6 Å². The molecule has 1 aliphatic rings. The fourth-order valence-corrected chi connectivity index (χ4v) is 4.55. The minimum Gasteiger partial charge on any atom is -0.480 e. The van der Waals surface area contributed by atoms with Gasteiger partial charge in [-0.05, 0) is 47.1 Å². The van der Waals surface area contributed by atoms with E-state index in [-0.39, 0.29) is 18.9 Å². The normalized spacial score (nSPS) is 14.0. The summed E-state index contributed by atoms with van der Waals surface area (Å²) in [4.78, 5) is 36.2. The van der Waals surface area contributed by atoms with Crippen LogP contribution in [0.15, 0.2) is 48.5 Å². The molecular formula is C25H30N2O5S. The lowest BCUT2D eigenvalue weighted by atomic mass is 9.98. The minimum absolute atomic E-state index is 0.0102. The molecule has 2 aromatic rings. The maximum Gasteiger partial charge on any atom is 0.407 e. The van der Waals surface area contributed by atoms with Gasteiger partial charge in [-0.15, -0.1) is 0 Å². The van der Waals surface area contributed by atoms with Gasteiger partial charge in [0.25, 0.3) is 0 Å². The molecule has 7 nitrogen and oxygen atoms in total. The molecule has 3 N–H and O–H groups in total. The number of amides is 2. The summed E-state index contributed by atoms with van der Waals surface area (Å²) in [6.45, 7) is 2.04. The Hall–Kier alpha value is -3.00. The molecule has 3 rings (SSSR count). The molecule has 0 aliphatic heterocycles. The van der Waals surface area contributed by atoms with Crippen LogP contribution < -0.4 is 10.6 Å². The zero-order chi connectivity index (χ0) is 23.8. The summed E-state index contributed by atoms with van der Waals surface area (Å²) in [5, 5.41) is 14.6. The summed E-state index contributed by atoms with van der Waals surface area (Å²) in [6, 6.07) is 14.8. The first-order chi connectivity index (χ1) is 15.9. The number of hydrogen-bond donors (Lipinski definition) is 3. The Bertz CT molecular complexity index is 951. The van der Waals surface area contributed by atoms with Crippen molar-refractivity contribution in [3.63, 3.8) is 0 Å².